The van der Waals surface area contributed by atoms with Crippen LogP contribution in [0.5, 0.6) is 17.4 Å². The predicted octanol–water partition coefficient (Wildman–Crippen LogP) is 0.734. The Morgan fingerprint density at radius 2 is 2.08 bits per heavy atom. The number of rotatable bonds is 2. The molecule has 1 N–H and O–H groups in total. The first-order chi connectivity index (χ1) is 12.6. The van der Waals surface area contributed by atoms with Gasteiger partial charge in [0.25, 0.3) is 0 Å². The zero-order chi connectivity index (χ0) is 17.7. The molecule has 1 aromatic carbocycles. The summed E-state index contributed by atoms with van der Waals surface area (Å²) in [7, 11) is -3.64. The number of likely N-dealkylation sites (tertiary alicyclic amines) is 1. The summed E-state index contributed by atoms with van der Waals surface area (Å²) in [4.78, 5) is 6.34. The number of fused-ring (bicyclic) bond motifs is 3. The summed E-state index contributed by atoms with van der Waals surface area (Å²) >= 11 is 0. The molecule has 8 nitrogen and oxygen atoms in total. The number of ether oxygens (including phenoxy) is 3. The van der Waals surface area contributed by atoms with Gasteiger partial charge in [-0.15, -0.1) is 0 Å². The standard InChI is InChI=1S/C17H17N3O5S/c21-26(22)16-2-1-5-18-17(16)25-15-9-20(8-12(15)19-26)7-11-3-4-13-14(6-11)24-10-23-13/h1-6,12,15,19H,7-10H2/t12-,15+/m1/s1. The second-order valence-electron chi connectivity index (χ2n) is 6.57. The van der Waals surface area contributed by atoms with Crippen LogP contribution in [0.25, 0.3) is 0 Å². The summed E-state index contributed by atoms with van der Waals surface area (Å²) < 4.78 is 44.5. The number of pyridine rings is 1. The van der Waals surface area contributed by atoms with E-state index in [2.05, 4.69) is 14.6 Å². The Labute approximate surface area is 150 Å². The summed E-state index contributed by atoms with van der Waals surface area (Å²) in [6, 6.07) is 8.63. The maximum absolute atomic E-state index is 12.5. The van der Waals surface area contributed by atoms with Crippen molar-refractivity contribution in [2.24, 2.45) is 0 Å². The molecule has 0 saturated carbocycles. The zero-order valence-electron chi connectivity index (χ0n) is 13.8. The minimum absolute atomic E-state index is 0.0942. The molecule has 136 valence electrons. The summed E-state index contributed by atoms with van der Waals surface area (Å²) in [6.07, 6.45) is 1.25. The van der Waals surface area contributed by atoms with E-state index >= 15 is 0 Å². The topological polar surface area (TPSA) is 90.0 Å². The largest absolute Gasteiger partial charge is 0.470 e. The predicted molar refractivity (Wildman–Crippen MR) is 90.6 cm³/mol. The highest BCUT2D eigenvalue weighted by atomic mass is 32.2. The molecule has 9 heteroatoms. The number of benzene rings is 1. The first kappa shape index (κ1) is 15.9. The molecule has 0 bridgehead atoms. The maximum atomic E-state index is 12.5. The van der Waals surface area contributed by atoms with Crippen LogP contribution in [0.1, 0.15) is 5.56 Å². The zero-order valence-corrected chi connectivity index (χ0v) is 14.6. The first-order valence-corrected chi connectivity index (χ1v) is 9.82. The summed E-state index contributed by atoms with van der Waals surface area (Å²) in [5.74, 6) is 1.66. The Morgan fingerprint density at radius 3 is 3.00 bits per heavy atom. The summed E-state index contributed by atoms with van der Waals surface area (Å²) in [6.45, 7) is 2.09. The van der Waals surface area contributed by atoms with Crippen molar-refractivity contribution in [2.75, 3.05) is 19.9 Å². The van der Waals surface area contributed by atoms with Crippen molar-refractivity contribution < 1.29 is 22.6 Å². The fourth-order valence-electron chi connectivity index (χ4n) is 3.59. The number of sulfonamides is 1. The third-order valence-corrected chi connectivity index (χ3v) is 6.28. The quantitative estimate of drug-likeness (QED) is 0.828. The van der Waals surface area contributed by atoms with Gasteiger partial charge < -0.3 is 14.2 Å². The van der Waals surface area contributed by atoms with Gasteiger partial charge in [0, 0.05) is 25.8 Å². The van der Waals surface area contributed by atoms with Gasteiger partial charge in [-0.05, 0) is 29.8 Å². The lowest BCUT2D eigenvalue weighted by molar-refractivity contribution is 0.173. The lowest BCUT2D eigenvalue weighted by Crippen LogP contribution is -2.42. The monoisotopic (exact) mass is 375 g/mol. The molecule has 0 spiro atoms. The van der Waals surface area contributed by atoms with Gasteiger partial charge in [-0.3, -0.25) is 4.90 Å². The van der Waals surface area contributed by atoms with Gasteiger partial charge in [0.15, 0.2) is 11.5 Å². The molecule has 1 saturated heterocycles. The highest BCUT2D eigenvalue weighted by Crippen LogP contribution is 2.34. The van der Waals surface area contributed by atoms with Gasteiger partial charge in [-0.2, -0.15) is 0 Å². The van der Waals surface area contributed by atoms with Crippen LogP contribution in [0, 0.1) is 0 Å². The Hall–Kier alpha value is -2.36. The molecular weight excluding hydrogens is 358 g/mol. The van der Waals surface area contributed by atoms with Crippen LogP contribution in [0.3, 0.4) is 0 Å². The van der Waals surface area contributed by atoms with Crippen molar-refractivity contribution in [3.05, 3.63) is 42.1 Å². The van der Waals surface area contributed by atoms with E-state index in [1.54, 1.807) is 6.07 Å². The average Bonchev–Trinajstić information content (AvgIpc) is 3.19. The van der Waals surface area contributed by atoms with E-state index < -0.39 is 10.0 Å². The van der Waals surface area contributed by atoms with Crippen LogP contribution in [0.2, 0.25) is 0 Å². The van der Waals surface area contributed by atoms with Crippen LogP contribution in [0.4, 0.5) is 0 Å². The van der Waals surface area contributed by atoms with E-state index in [4.69, 9.17) is 14.2 Å². The van der Waals surface area contributed by atoms with Gasteiger partial charge >= 0.3 is 0 Å². The van der Waals surface area contributed by atoms with Crippen molar-refractivity contribution in [3.8, 4) is 17.4 Å². The molecule has 2 atom stereocenters. The molecule has 3 aliphatic rings. The molecule has 0 aliphatic carbocycles. The lowest BCUT2D eigenvalue weighted by atomic mass is 10.2. The molecule has 4 heterocycles. The third kappa shape index (κ3) is 2.68. The van der Waals surface area contributed by atoms with Crippen molar-refractivity contribution >= 4 is 10.0 Å². The van der Waals surface area contributed by atoms with E-state index in [0.29, 0.717) is 19.6 Å². The maximum Gasteiger partial charge on any atom is 0.246 e. The van der Waals surface area contributed by atoms with Gasteiger partial charge in [0.05, 0.1) is 6.04 Å². The number of nitrogens with one attached hydrogen (secondary N) is 1. The van der Waals surface area contributed by atoms with Crippen LogP contribution in [-0.2, 0) is 16.6 Å². The lowest BCUT2D eigenvalue weighted by Gasteiger charge is -2.17. The number of nitrogens with zero attached hydrogens (tertiary/aromatic N) is 2. The van der Waals surface area contributed by atoms with Crippen molar-refractivity contribution in [1.29, 1.82) is 0 Å². The Balaban J connectivity index is 1.36. The SMILES string of the molecule is O=S1(=O)N[C@@H]2CN(Cc3ccc4c(c3)OCO4)C[C@@H]2Oc2ncccc21. The molecule has 1 aromatic heterocycles. The molecule has 0 unspecified atom stereocenters. The molecule has 26 heavy (non-hydrogen) atoms. The smallest absolute Gasteiger partial charge is 0.246 e. The Bertz CT molecular complexity index is 965. The minimum atomic E-state index is -3.64. The third-order valence-electron chi connectivity index (χ3n) is 4.78. The summed E-state index contributed by atoms with van der Waals surface area (Å²) in [5, 5.41) is 0. The van der Waals surface area contributed by atoms with Crippen LogP contribution in [-0.4, -0.2) is 50.3 Å². The van der Waals surface area contributed by atoms with E-state index in [0.717, 1.165) is 17.1 Å². The number of hydrogen-bond acceptors (Lipinski definition) is 7. The van der Waals surface area contributed by atoms with E-state index in [-0.39, 0.29) is 29.7 Å². The minimum Gasteiger partial charge on any atom is -0.470 e. The van der Waals surface area contributed by atoms with Crippen LogP contribution < -0.4 is 18.9 Å². The highest BCUT2D eigenvalue weighted by Gasteiger charge is 2.41. The van der Waals surface area contributed by atoms with Crippen molar-refractivity contribution in [1.82, 2.24) is 14.6 Å². The van der Waals surface area contributed by atoms with Crippen molar-refractivity contribution in [3.63, 3.8) is 0 Å². The van der Waals surface area contributed by atoms with E-state index in [1.807, 2.05) is 18.2 Å². The molecule has 0 amide bonds. The fourth-order valence-corrected chi connectivity index (χ4v) is 4.93. The Kier molecular flexibility index (Phi) is 3.56. The molecule has 0 radical (unpaired) electrons. The van der Waals surface area contributed by atoms with Crippen molar-refractivity contribution in [2.45, 2.75) is 23.6 Å². The average molecular weight is 375 g/mol. The molecule has 2 aromatic rings. The molecule has 5 rings (SSSR count). The summed E-state index contributed by atoms with van der Waals surface area (Å²) in [5.41, 5.74) is 1.08. The Morgan fingerprint density at radius 1 is 1.19 bits per heavy atom. The number of aromatic nitrogens is 1. The van der Waals surface area contributed by atoms with E-state index in [9.17, 15) is 8.42 Å². The molecule has 1 fully saturated rings. The van der Waals surface area contributed by atoms with Gasteiger partial charge in [-0.1, -0.05) is 6.07 Å². The second-order valence-corrected chi connectivity index (χ2v) is 8.25. The van der Waals surface area contributed by atoms with Crippen LogP contribution >= 0.6 is 0 Å². The second kappa shape index (κ2) is 5.83. The van der Waals surface area contributed by atoms with Gasteiger partial charge in [-0.25, -0.2) is 18.1 Å². The highest BCUT2D eigenvalue weighted by molar-refractivity contribution is 7.89. The fraction of sp³-hybridized carbons (Fsp3) is 0.353. The molecule has 3 aliphatic heterocycles. The molecular formula is C17H17N3O5S. The van der Waals surface area contributed by atoms with Gasteiger partial charge in [0.1, 0.15) is 11.0 Å². The van der Waals surface area contributed by atoms with E-state index in [1.165, 1.54) is 12.3 Å². The number of hydrogen-bond donors (Lipinski definition) is 1. The van der Waals surface area contributed by atoms with Crippen LogP contribution in [0.15, 0.2) is 41.4 Å². The first-order valence-electron chi connectivity index (χ1n) is 8.33. The normalized spacial score (nSPS) is 25.8. The van der Waals surface area contributed by atoms with Gasteiger partial charge in [0.2, 0.25) is 22.7 Å².